The summed E-state index contributed by atoms with van der Waals surface area (Å²) in [5.74, 6) is 0. The summed E-state index contributed by atoms with van der Waals surface area (Å²) in [6, 6.07) is 14.4. The highest BCUT2D eigenvalue weighted by Crippen LogP contribution is 2.40. The van der Waals surface area contributed by atoms with Crippen LogP contribution in [-0.2, 0) is 0 Å². The minimum Gasteiger partial charge on any atom is -0.398 e. The second kappa shape index (κ2) is 5.30. The van der Waals surface area contributed by atoms with E-state index in [2.05, 4.69) is 35.1 Å². The van der Waals surface area contributed by atoms with Gasteiger partial charge in [0.15, 0.2) is 0 Å². The van der Waals surface area contributed by atoms with Gasteiger partial charge < -0.3 is 11.3 Å². The van der Waals surface area contributed by atoms with Gasteiger partial charge in [-0.3, -0.25) is 0 Å². The Morgan fingerprint density at radius 3 is 2.50 bits per heavy atom. The maximum absolute atomic E-state index is 9.18. The molecule has 0 heterocycles. The van der Waals surface area contributed by atoms with Gasteiger partial charge in [-0.2, -0.15) is 4.79 Å². The van der Waals surface area contributed by atoms with Gasteiger partial charge in [0.2, 0.25) is 0 Å². The molecule has 0 radical (unpaired) electrons. The zero-order valence-corrected chi connectivity index (χ0v) is 12.6. The van der Waals surface area contributed by atoms with Crippen molar-refractivity contribution in [3.8, 4) is 11.1 Å². The largest absolute Gasteiger partial charge is 0.398 e. The van der Waals surface area contributed by atoms with Gasteiger partial charge in [0.05, 0.1) is 12.0 Å². The molecule has 4 heteroatoms. The molecule has 0 aromatic heterocycles. The number of nitrogen functional groups attached to an aromatic ring is 1. The molecule has 2 N–H and O–H groups in total. The monoisotopic (exact) mass is 307 g/mol. The third-order valence-electron chi connectivity index (χ3n) is 4.08. The number of hydrogen-bond donors (Lipinski definition) is 1. The van der Waals surface area contributed by atoms with Crippen molar-refractivity contribution >= 4 is 40.7 Å². The van der Waals surface area contributed by atoms with Crippen molar-refractivity contribution in [3.63, 3.8) is 0 Å². The summed E-state index contributed by atoms with van der Waals surface area (Å²) < 4.78 is 0. The van der Waals surface area contributed by atoms with E-state index in [1.54, 1.807) is 0 Å². The van der Waals surface area contributed by atoms with Gasteiger partial charge in [-0.05, 0) is 40.1 Å². The predicted octanol–water partition coefficient (Wildman–Crippen LogP) is 4.38. The lowest BCUT2D eigenvalue weighted by Crippen LogP contribution is -2.04. The third-order valence-corrected chi connectivity index (χ3v) is 4.08. The summed E-state index contributed by atoms with van der Waals surface area (Å²) in [5, 5.41) is 2.27. The summed E-state index contributed by atoms with van der Waals surface area (Å²) in [5.41, 5.74) is 21.0. The minimum absolute atomic E-state index is 0. The first kappa shape index (κ1) is 14.3. The first-order valence-corrected chi connectivity index (χ1v) is 6.91. The number of halogens is 1. The molecule has 1 aromatic carbocycles. The van der Waals surface area contributed by atoms with Gasteiger partial charge in [-0.1, -0.05) is 36.4 Å². The Morgan fingerprint density at radius 1 is 1.05 bits per heavy atom. The highest BCUT2D eigenvalue weighted by Gasteiger charge is 2.25. The summed E-state index contributed by atoms with van der Waals surface area (Å²) >= 11 is 0. The van der Waals surface area contributed by atoms with Crippen molar-refractivity contribution in [2.75, 3.05) is 5.73 Å². The number of nitrogens with zero attached hydrogens (tertiary/aromatic N) is 2. The van der Waals surface area contributed by atoms with Crippen molar-refractivity contribution < 1.29 is 4.79 Å². The fraction of sp³-hybridized carbons (Fsp3) is 0.0556. The number of allylic oxidation sites excluding steroid dienone is 1. The van der Waals surface area contributed by atoms with Crippen LogP contribution in [0.1, 0.15) is 17.5 Å². The highest BCUT2D eigenvalue weighted by molar-refractivity contribution is 6.10. The number of nitrogens with two attached hydrogens (primary N) is 1. The Morgan fingerprint density at radius 2 is 1.77 bits per heavy atom. The minimum atomic E-state index is 0. The molecule has 0 saturated carbocycles. The van der Waals surface area contributed by atoms with E-state index in [9.17, 15) is 5.53 Å². The van der Waals surface area contributed by atoms with Gasteiger partial charge in [-0.15, -0.1) is 12.4 Å². The van der Waals surface area contributed by atoms with Crippen LogP contribution in [0.2, 0.25) is 0 Å². The smallest absolute Gasteiger partial charge is 0.303 e. The molecule has 0 atom stereocenters. The van der Waals surface area contributed by atoms with Gasteiger partial charge in [0, 0.05) is 11.3 Å². The standard InChI is InChI=1S/C18H13N3.ClH/c19-16-10-12-5-2-1-4-11(12)8-13-9-15-14(18(13)16)6-3-7-17(15)21-20;/h1-6,8-10H,7,19H2;1H. The fourth-order valence-electron chi connectivity index (χ4n) is 3.12. The summed E-state index contributed by atoms with van der Waals surface area (Å²) in [4.78, 5) is 3.42. The maximum atomic E-state index is 9.18. The second-order valence-corrected chi connectivity index (χ2v) is 5.33. The Labute approximate surface area is 134 Å². The first-order valence-electron chi connectivity index (χ1n) is 6.91. The maximum Gasteiger partial charge on any atom is 0.303 e. The molecule has 108 valence electrons. The molecule has 3 aliphatic carbocycles. The average Bonchev–Trinajstić information content (AvgIpc) is 2.80. The van der Waals surface area contributed by atoms with Crippen molar-refractivity contribution in [1.29, 1.82) is 0 Å². The van der Waals surface area contributed by atoms with Crippen molar-refractivity contribution in [2.24, 2.45) is 0 Å². The Hall–Kier alpha value is -2.61. The predicted molar refractivity (Wildman–Crippen MR) is 93.6 cm³/mol. The van der Waals surface area contributed by atoms with E-state index in [4.69, 9.17) is 5.73 Å². The topological polar surface area (TPSA) is 62.4 Å². The zero-order chi connectivity index (χ0) is 14.4. The van der Waals surface area contributed by atoms with Gasteiger partial charge in [0.25, 0.3) is 0 Å². The van der Waals surface area contributed by atoms with E-state index >= 15 is 0 Å². The quantitative estimate of drug-likeness (QED) is 0.486. The molecular formula is C18H14ClN3. The van der Waals surface area contributed by atoms with Crippen LogP contribution in [0.25, 0.3) is 33.5 Å². The van der Waals surface area contributed by atoms with E-state index in [0.29, 0.717) is 12.1 Å². The first-order chi connectivity index (χ1) is 10.3. The molecule has 1 aromatic rings. The lowest BCUT2D eigenvalue weighted by atomic mass is 9.98. The average molecular weight is 308 g/mol. The normalized spacial score (nSPS) is 12.8. The Bertz CT molecular complexity index is 937. The van der Waals surface area contributed by atoms with Crippen LogP contribution in [-0.4, -0.2) is 10.5 Å². The lowest BCUT2D eigenvalue weighted by Gasteiger charge is -2.04. The number of fused-ring (bicyclic) bond motifs is 4. The molecule has 0 fully saturated rings. The van der Waals surface area contributed by atoms with Crippen LogP contribution < -0.4 is 5.73 Å². The van der Waals surface area contributed by atoms with Crippen molar-refractivity contribution in [1.82, 2.24) is 0 Å². The molecular weight excluding hydrogens is 294 g/mol. The van der Waals surface area contributed by atoms with Crippen LogP contribution in [0.4, 0.5) is 5.69 Å². The van der Waals surface area contributed by atoms with Crippen LogP contribution in [0, 0.1) is 0 Å². The molecule has 3 nitrogen and oxygen atoms in total. The zero-order valence-electron chi connectivity index (χ0n) is 11.8. The second-order valence-electron chi connectivity index (χ2n) is 5.33. The molecule has 22 heavy (non-hydrogen) atoms. The Balaban J connectivity index is 0.00000144. The van der Waals surface area contributed by atoms with Crippen LogP contribution in [0.5, 0.6) is 0 Å². The van der Waals surface area contributed by atoms with Crippen LogP contribution >= 0.6 is 12.4 Å². The molecule has 4 rings (SSSR count). The molecule has 0 saturated heterocycles. The van der Waals surface area contributed by atoms with Crippen LogP contribution in [0.15, 0.2) is 48.5 Å². The molecule has 0 amide bonds. The van der Waals surface area contributed by atoms with E-state index < -0.39 is 0 Å². The molecule has 0 aliphatic heterocycles. The molecule has 0 unspecified atom stereocenters. The molecule has 3 aliphatic rings. The molecule has 0 spiro atoms. The van der Waals surface area contributed by atoms with Crippen LogP contribution in [0.3, 0.4) is 0 Å². The van der Waals surface area contributed by atoms with Gasteiger partial charge in [-0.25, -0.2) is 0 Å². The molecule has 0 bridgehead atoms. The van der Waals surface area contributed by atoms with E-state index in [1.165, 1.54) is 0 Å². The van der Waals surface area contributed by atoms with Crippen molar-refractivity contribution in [3.05, 3.63) is 65.2 Å². The number of anilines is 1. The van der Waals surface area contributed by atoms with Gasteiger partial charge in [0.1, 0.15) is 0 Å². The fourth-order valence-corrected chi connectivity index (χ4v) is 3.12. The van der Waals surface area contributed by atoms with Crippen molar-refractivity contribution in [2.45, 2.75) is 6.42 Å². The van der Waals surface area contributed by atoms with E-state index in [-0.39, 0.29) is 12.4 Å². The lowest BCUT2D eigenvalue weighted by molar-refractivity contribution is -0.00603. The summed E-state index contributed by atoms with van der Waals surface area (Å²) in [7, 11) is 0. The summed E-state index contributed by atoms with van der Waals surface area (Å²) in [6.45, 7) is 0. The number of rotatable bonds is 0. The summed E-state index contributed by atoms with van der Waals surface area (Å²) in [6.07, 6.45) is 4.71. The highest BCUT2D eigenvalue weighted by atomic mass is 35.5. The van der Waals surface area contributed by atoms with E-state index in [1.807, 2.05) is 24.3 Å². The van der Waals surface area contributed by atoms with Gasteiger partial charge >= 0.3 is 5.71 Å². The number of benzene rings is 1. The third kappa shape index (κ3) is 2.00. The SMILES string of the molecule is Cl.[N-]=[N+]=C1CC=Cc2c1cc1cc3ccccc3cc(N)c2-1. The Kier molecular flexibility index (Phi) is 3.45. The van der Waals surface area contributed by atoms with E-state index in [0.717, 1.165) is 38.7 Å². The number of hydrogen-bond acceptors (Lipinski definition) is 1.